The zero-order chi connectivity index (χ0) is 12.4. The molecular weight excluding hydrogens is 362 g/mol. The third-order valence-electron chi connectivity index (χ3n) is 2.42. The van der Waals surface area contributed by atoms with Crippen LogP contribution in [0.4, 0.5) is 5.69 Å². The highest BCUT2D eigenvalue weighted by Crippen LogP contribution is 2.33. The van der Waals surface area contributed by atoms with Crippen molar-refractivity contribution in [1.82, 2.24) is 0 Å². The van der Waals surface area contributed by atoms with Gasteiger partial charge >= 0.3 is 0 Å². The molecule has 0 bridgehead atoms. The lowest BCUT2D eigenvalue weighted by atomic mass is 10.2. The van der Waals surface area contributed by atoms with E-state index in [0.29, 0.717) is 0 Å². The molecule has 2 rings (SSSR count). The van der Waals surface area contributed by atoms with Gasteiger partial charge in [-0.3, -0.25) is 0 Å². The molecular formula is C13H13Br2NS. The molecule has 1 aromatic heterocycles. The Morgan fingerprint density at radius 3 is 2.29 bits per heavy atom. The number of hydrogen-bond acceptors (Lipinski definition) is 2. The van der Waals surface area contributed by atoms with Crippen LogP contribution < -0.4 is 5.32 Å². The van der Waals surface area contributed by atoms with E-state index in [-0.39, 0.29) is 0 Å². The molecule has 4 heteroatoms. The predicted molar refractivity (Wildman–Crippen MR) is 83.0 cm³/mol. The first-order valence-corrected chi connectivity index (χ1v) is 7.71. The Balaban J connectivity index is 2.14. The smallest absolute Gasteiger partial charge is 0.0632 e. The molecule has 90 valence electrons. The van der Waals surface area contributed by atoms with Crippen LogP contribution in [0.25, 0.3) is 0 Å². The fraction of sp³-hybridized carbons (Fsp3) is 0.231. The van der Waals surface area contributed by atoms with Crippen molar-refractivity contribution in [2.75, 3.05) is 5.32 Å². The van der Waals surface area contributed by atoms with E-state index in [2.05, 4.69) is 75.3 Å². The molecule has 0 aliphatic carbocycles. The molecule has 0 aliphatic rings. The Bertz CT molecular complexity index is 511. The molecule has 1 heterocycles. The van der Waals surface area contributed by atoms with Crippen molar-refractivity contribution < 1.29 is 0 Å². The normalized spacial score (nSPS) is 10.6. The van der Waals surface area contributed by atoms with Crippen molar-refractivity contribution in [3.05, 3.63) is 48.5 Å². The summed E-state index contributed by atoms with van der Waals surface area (Å²) in [6.45, 7) is 5.08. The summed E-state index contributed by atoms with van der Waals surface area (Å²) in [5.41, 5.74) is 2.35. The Labute approximate surface area is 123 Å². The van der Waals surface area contributed by atoms with E-state index in [1.165, 1.54) is 15.3 Å². The second kappa shape index (κ2) is 5.55. The highest BCUT2D eigenvalue weighted by atomic mass is 79.9. The highest BCUT2D eigenvalue weighted by Gasteiger charge is 2.06. The molecule has 0 amide bonds. The Morgan fingerprint density at radius 2 is 1.76 bits per heavy atom. The Kier molecular flexibility index (Phi) is 4.28. The molecule has 1 nitrogen and oxygen atoms in total. The monoisotopic (exact) mass is 373 g/mol. The van der Waals surface area contributed by atoms with Crippen LogP contribution in [0, 0.1) is 13.8 Å². The molecule has 0 saturated heterocycles. The van der Waals surface area contributed by atoms with Gasteiger partial charge in [-0.25, -0.2) is 0 Å². The maximum absolute atomic E-state index is 3.59. The van der Waals surface area contributed by atoms with Gasteiger partial charge in [0.05, 0.1) is 5.69 Å². The van der Waals surface area contributed by atoms with Crippen LogP contribution in [0.15, 0.2) is 33.2 Å². The Morgan fingerprint density at radius 1 is 1.12 bits per heavy atom. The van der Waals surface area contributed by atoms with Crippen LogP contribution in [-0.4, -0.2) is 0 Å². The molecule has 1 N–H and O–H groups in total. The quantitative estimate of drug-likeness (QED) is 0.747. The van der Waals surface area contributed by atoms with Crippen LogP contribution in [-0.2, 0) is 6.54 Å². The number of benzene rings is 1. The molecule has 0 spiro atoms. The number of thiophene rings is 1. The minimum Gasteiger partial charge on any atom is -0.378 e. The minimum atomic E-state index is 0.860. The van der Waals surface area contributed by atoms with E-state index >= 15 is 0 Å². The van der Waals surface area contributed by atoms with Gasteiger partial charge in [0, 0.05) is 25.2 Å². The first-order valence-electron chi connectivity index (χ1n) is 5.31. The number of rotatable bonds is 3. The van der Waals surface area contributed by atoms with Gasteiger partial charge in [0.25, 0.3) is 0 Å². The minimum absolute atomic E-state index is 0.860. The summed E-state index contributed by atoms with van der Waals surface area (Å²) < 4.78 is 2.19. The maximum atomic E-state index is 3.59. The molecule has 0 aliphatic heterocycles. The van der Waals surface area contributed by atoms with Crippen molar-refractivity contribution in [2.24, 2.45) is 0 Å². The number of halogens is 2. The van der Waals surface area contributed by atoms with E-state index in [1.54, 1.807) is 0 Å². The van der Waals surface area contributed by atoms with Crippen molar-refractivity contribution in [3.8, 4) is 0 Å². The summed E-state index contributed by atoms with van der Waals surface area (Å²) in [5.74, 6) is 0. The fourth-order valence-electron chi connectivity index (χ4n) is 1.62. The lowest BCUT2D eigenvalue weighted by molar-refractivity contribution is 1.18. The predicted octanol–water partition coefficient (Wildman–Crippen LogP) is 5.50. The van der Waals surface area contributed by atoms with Crippen LogP contribution in [0.1, 0.15) is 15.3 Å². The van der Waals surface area contributed by atoms with Crippen LogP contribution in [0.5, 0.6) is 0 Å². The van der Waals surface area contributed by atoms with Crippen LogP contribution in [0.2, 0.25) is 0 Å². The van der Waals surface area contributed by atoms with Gasteiger partial charge in [0.1, 0.15) is 0 Å². The van der Waals surface area contributed by atoms with Crippen molar-refractivity contribution in [3.63, 3.8) is 0 Å². The molecule has 17 heavy (non-hydrogen) atoms. The standard InChI is InChI=1S/C13H13Br2NS/c1-8-5-11(14)13(12(15)6-8)16-7-10-4-3-9(2)17-10/h3-6,16H,7H2,1-2H3. The van der Waals surface area contributed by atoms with Crippen molar-refractivity contribution >= 4 is 48.9 Å². The SMILES string of the molecule is Cc1cc(Br)c(NCc2ccc(C)s2)c(Br)c1. The summed E-state index contributed by atoms with van der Waals surface area (Å²) in [4.78, 5) is 2.70. The zero-order valence-electron chi connectivity index (χ0n) is 9.68. The van der Waals surface area contributed by atoms with Crippen LogP contribution >= 0.6 is 43.2 Å². The molecule has 1 aromatic carbocycles. The fourth-order valence-corrected chi connectivity index (χ4v) is 4.15. The summed E-state index contributed by atoms with van der Waals surface area (Å²) >= 11 is 9.00. The van der Waals surface area contributed by atoms with Crippen molar-refractivity contribution in [1.29, 1.82) is 0 Å². The summed E-state index contributed by atoms with van der Waals surface area (Å²) in [7, 11) is 0. The Hall–Kier alpha value is -0.320. The summed E-state index contributed by atoms with van der Waals surface area (Å²) in [5, 5.41) is 3.45. The third-order valence-corrected chi connectivity index (χ3v) is 4.67. The number of hydrogen-bond donors (Lipinski definition) is 1. The van der Waals surface area contributed by atoms with Gasteiger partial charge in [-0.2, -0.15) is 0 Å². The molecule has 0 atom stereocenters. The van der Waals surface area contributed by atoms with E-state index in [0.717, 1.165) is 21.2 Å². The van der Waals surface area contributed by atoms with E-state index < -0.39 is 0 Å². The molecule has 2 aromatic rings. The second-order valence-corrected chi connectivity index (χ2v) is 7.05. The van der Waals surface area contributed by atoms with Gasteiger partial charge in [0.2, 0.25) is 0 Å². The van der Waals surface area contributed by atoms with Crippen molar-refractivity contribution in [2.45, 2.75) is 20.4 Å². The first kappa shape index (κ1) is 13.1. The zero-order valence-corrected chi connectivity index (χ0v) is 13.7. The molecule has 0 radical (unpaired) electrons. The maximum Gasteiger partial charge on any atom is 0.0632 e. The van der Waals surface area contributed by atoms with Gasteiger partial charge in [0.15, 0.2) is 0 Å². The number of aryl methyl sites for hydroxylation is 2. The lowest BCUT2D eigenvalue weighted by Crippen LogP contribution is -1.99. The average molecular weight is 375 g/mol. The summed E-state index contributed by atoms with van der Waals surface area (Å²) in [6.07, 6.45) is 0. The van der Waals surface area contributed by atoms with Gasteiger partial charge < -0.3 is 5.32 Å². The van der Waals surface area contributed by atoms with Crippen LogP contribution in [0.3, 0.4) is 0 Å². The van der Waals surface area contributed by atoms with E-state index in [9.17, 15) is 0 Å². The molecule has 0 fully saturated rings. The number of nitrogens with one attached hydrogen (secondary N) is 1. The second-order valence-electron chi connectivity index (χ2n) is 3.97. The van der Waals surface area contributed by atoms with E-state index in [1.807, 2.05) is 11.3 Å². The molecule has 0 unspecified atom stereocenters. The lowest BCUT2D eigenvalue weighted by Gasteiger charge is -2.11. The molecule has 0 saturated carbocycles. The van der Waals surface area contributed by atoms with Gasteiger partial charge in [-0.1, -0.05) is 0 Å². The topological polar surface area (TPSA) is 12.0 Å². The number of anilines is 1. The largest absolute Gasteiger partial charge is 0.378 e. The highest BCUT2D eigenvalue weighted by molar-refractivity contribution is 9.11. The van der Waals surface area contributed by atoms with Gasteiger partial charge in [-0.05, 0) is 75.5 Å². The average Bonchev–Trinajstić information content (AvgIpc) is 2.62. The van der Waals surface area contributed by atoms with Gasteiger partial charge in [-0.15, -0.1) is 11.3 Å². The third kappa shape index (κ3) is 3.33. The van der Waals surface area contributed by atoms with E-state index in [4.69, 9.17) is 0 Å². The summed E-state index contributed by atoms with van der Waals surface area (Å²) in [6, 6.07) is 8.56. The first-order chi connectivity index (χ1) is 8.06.